The third-order valence-corrected chi connectivity index (χ3v) is 5.92. The average Bonchev–Trinajstić information content (AvgIpc) is 2.88. The van der Waals surface area contributed by atoms with E-state index in [1.807, 2.05) is 91.9 Å². The number of carbonyl (C=O) groups excluding carboxylic acids is 1. The first-order chi connectivity index (χ1) is 16.6. The summed E-state index contributed by atoms with van der Waals surface area (Å²) in [4.78, 5) is 31.3. The van der Waals surface area contributed by atoms with Gasteiger partial charge < -0.3 is 14.6 Å². The lowest BCUT2D eigenvalue weighted by Crippen LogP contribution is -2.41. The molecule has 0 aliphatic rings. The monoisotopic (exact) mass is 452 g/mol. The van der Waals surface area contributed by atoms with Gasteiger partial charge in [-0.25, -0.2) is 0 Å². The number of ether oxygens (including phenoxy) is 1. The van der Waals surface area contributed by atoms with Crippen molar-refractivity contribution in [2.24, 2.45) is 0 Å². The zero-order valence-corrected chi connectivity index (χ0v) is 19.4. The van der Waals surface area contributed by atoms with Crippen LogP contribution in [0.25, 0.3) is 11.3 Å². The average molecular weight is 453 g/mol. The van der Waals surface area contributed by atoms with E-state index in [1.54, 1.807) is 24.1 Å². The van der Waals surface area contributed by atoms with E-state index in [0.29, 0.717) is 18.7 Å². The van der Waals surface area contributed by atoms with E-state index in [2.05, 4.69) is 4.98 Å². The van der Waals surface area contributed by atoms with Crippen molar-refractivity contribution in [3.63, 3.8) is 0 Å². The molecule has 0 radical (unpaired) electrons. The van der Waals surface area contributed by atoms with E-state index in [1.165, 1.54) is 0 Å². The summed E-state index contributed by atoms with van der Waals surface area (Å²) in [5.41, 5.74) is 3.32. The van der Waals surface area contributed by atoms with Crippen LogP contribution in [0.15, 0.2) is 102 Å². The second kappa shape index (κ2) is 10.7. The lowest BCUT2D eigenvalue weighted by molar-refractivity contribution is 0.0673. The summed E-state index contributed by atoms with van der Waals surface area (Å²) in [6, 6.07) is 30.4. The highest BCUT2D eigenvalue weighted by Gasteiger charge is 2.25. The van der Waals surface area contributed by atoms with Gasteiger partial charge in [-0.15, -0.1) is 0 Å². The van der Waals surface area contributed by atoms with Crippen molar-refractivity contribution in [3.05, 3.63) is 124 Å². The second-order valence-electron chi connectivity index (χ2n) is 8.26. The fourth-order valence-corrected chi connectivity index (χ4v) is 4.09. The zero-order valence-electron chi connectivity index (χ0n) is 19.4. The fourth-order valence-electron chi connectivity index (χ4n) is 4.09. The van der Waals surface area contributed by atoms with Gasteiger partial charge >= 0.3 is 0 Å². The largest absolute Gasteiger partial charge is 0.496 e. The quantitative estimate of drug-likeness (QED) is 0.393. The maximum Gasteiger partial charge on any atom is 0.261 e. The lowest BCUT2D eigenvalue weighted by atomic mass is 10.0. The van der Waals surface area contributed by atoms with Gasteiger partial charge in [0.15, 0.2) is 0 Å². The van der Waals surface area contributed by atoms with E-state index in [-0.39, 0.29) is 17.5 Å². The molecular weight excluding hydrogens is 424 g/mol. The summed E-state index contributed by atoms with van der Waals surface area (Å²) >= 11 is 0. The first-order valence-electron chi connectivity index (χ1n) is 11.3. The molecule has 4 aromatic rings. The second-order valence-corrected chi connectivity index (χ2v) is 8.26. The third-order valence-electron chi connectivity index (χ3n) is 5.92. The van der Waals surface area contributed by atoms with Gasteiger partial charge in [-0.1, -0.05) is 78.9 Å². The Bertz CT molecular complexity index is 1300. The molecule has 0 saturated carbocycles. The van der Waals surface area contributed by atoms with Gasteiger partial charge in [-0.2, -0.15) is 0 Å². The topological polar surface area (TPSA) is 62.4 Å². The molecule has 0 bridgehead atoms. The molecule has 172 valence electrons. The summed E-state index contributed by atoms with van der Waals surface area (Å²) in [5, 5.41) is 0. The van der Waals surface area contributed by atoms with Crippen LogP contribution in [-0.4, -0.2) is 28.9 Å². The number of pyridine rings is 1. The summed E-state index contributed by atoms with van der Waals surface area (Å²) < 4.78 is 5.51. The smallest absolute Gasteiger partial charge is 0.261 e. The molecular formula is C29H28N2O3. The summed E-state index contributed by atoms with van der Waals surface area (Å²) in [5.74, 6) is 0.485. The number of benzene rings is 3. The third kappa shape index (κ3) is 5.26. The van der Waals surface area contributed by atoms with Crippen molar-refractivity contribution in [3.8, 4) is 17.0 Å². The first-order valence-corrected chi connectivity index (χ1v) is 11.3. The van der Waals surface area contributed by atoms with Gasteiger partial charge in [0.1, 0.15) is 11.3 Å². The number of H-pyrrole nitrogens is 1. The normalized spacial score (nSPS) is 11.6. The van der Waals surface area contributed by atoms with Crippen LogP contribution >= 0.6 is 0 Å². The number of nitrogens with one attached hydrogen (secondary N) is 1. The van der Waals surface area contributed by atoms with E-state index in [4.69, 9.17) is 4.74 Å². The minimum absolute atomic E-state index is 0.127. The van der Waals surface area contributed by atoms with Crippen LogP contribution in [0.4, 0.5) is 0 Å². The minimum atomic E-state index is -0.395. The Morgan fingerprint density at radius 1 is 0.882 bits per heavy atom. The Morgan fingerprint density at radius 3 is 2.21 bits per heavy atom. The van der Waals surface area contributed by atoms with Crippen LogP contribution in [0.3, 0.4) is 0 Å². The molecule has 0 spiro atoms. The van der Waals surface area contributed by atoms with Crippen molar-refractivity contribution in [2.75, 3.05) is 7.11 Å². The number of para-hydroxylation sites is 1. The number of aromatic amines is 1. The van der Waals surface area contributed by atoms with Crippen LogP contribution in [0.5, 0.6) is 5.75 Å². The number of carbonyl (C=O) groups is 1. The molecule has 1 unspecified atom stereocenters. The van der Waals surface area contributed by atoms with Crippen molar-refractivity contribution < 1.29 is 9.53 Å². The Kier molecular flexibility index (Phi) is 7.23. The van der Waals surface area contributed by atoms with Crippen LogP contribution in [0, 0.1) is 0 Å². The van der Waals surface area contributed by atoms with Gasteiger partial charge in [-0.3, -0.25) is 9.59 Å². The zero-order chi connectivity index (χ0) is 23.9. The van der Waals surface area contributed by atoms with Crippen molar-refractivity contribution in [2.45, 2.75) is 25.9 Å². The molecule has 1 atom stereocenters. The Labute approximate surface area is 199 Å². The molecule has 1 amide bonds. The molecule has 0 aliphatic heterocycles. The number of aromatic nitrogens is 1. The van der Waals surface area contributed by atoms with Crippen molar-refractivity contribution >= 4 is 5.91 Å². The number of methoxy groups -OCH3 is 1. The van der Waals surface area contributed by atoms with Gasteiger partial charge in [-0.05, 0) is 48.2 Å². The highest BCUT2D eigenvalue weighted by Crippen LogP contribution is 2.23. The fraction of sp³-hybridized carbons (Fsp3) is 0.172. The van der Waals surface area contributed by atoms with Gasteiger partial charge in [0, 0.05) is 18.3 Å². The number of amides is 1. The molecule has 1 aromatic heterocycles. The number of hydrogen-bond acceptors (Lipinski definition) is 3. The maximum atomic E-state index is 13.7. The highest BCUT2D eigenvalue weighted by molar-refractivity contribution is 5.94. The molecule has 5 nitrogen and oxygen atoms in total. The minimum Gasteiger partial charge on any atom is -0.496 e. The number of hydrogen-bond donors (Lipinski definition) is 1. The molecule has 1 N–H and O–H groups in total. The maximum absolute atomic E-state index is 13.7. The molecule has 3 aromatic carbocycles. The van der Waals surface area contributed by atoms with E-state index < -0.39 is 5.56 Å². The molecule has 5 heteroatoms. The SMILES string of the molecule is COc1ccccc1CC(C)N(Cc1ccccc1)C(=O)c1ccc(-c2ccccc2)[nH]c1=O. The summed E-state index contributed by atoms with van der Waals surface area (Å²) in [6.45, 7) is 2.40. The van der Waals surface area contributed by atoms with E-state index >= 15 is 0 Å². The number of nitrogens with zero attached hydrogens (tertiary/aromatic N) is 1. The predicted molar refractivity (Wildman–Crippen MR) is 135 cm³/mol. The first kappa shape index (κ1) is 23.1. The van der Waals surface area contributed by atoms with Crippen LogP contribution in [0.2, 0.25) is 0 Å². The Hall–Kier alpha value is -4.12. The molecule has 0 saturated heterocycles. The number of rotatable bonds is 8. The van der Waals surface area contributed by atoms with Gasteiger partial charge in [0.25, 0.3) is 11.5 Å². The van der Waals surface area contributed by atoms with Crippen LogP contribution < -0.4 is 10.3 Å². The van der Waals surface area contributed by atoms with E-state index in [9.17, 15) is 9.59 Å². The van der Waals surface area contributed by atoms with Crippen LogP contribution in [-0.2, 0) is 13.0 Å². The molecule has 4 rings (SSSR count). The summed E-state index contributed by atoms with van der Waals surface area (Å²) in [6.07, 6.45) is 0.600. The molecule has 0 aliphatic carbocycles. The molecule has 1 heterocycles. The Morgan fingerprint density at radius 2 is 1.53 bits per heavy atom. The van der Waals surface area contributed by atoms with Gasteiger partial charge in [0.2, 0.25) is 0 Å². The van der Waals surface area contributed by atoms with Crippen molar-refractivity contribution in [1.82, 2.24) is 9.88 Å². The van der Waals surface area contributed by atoms with Crippen LogP contribution in [0.1, 0.15) is 28.4 Å². The molecule has 0 fully saturated rings. The standard InChI is InChI=1S/C29H28N2O3/c1-21(19-24-15-9-10-16-27(24)34-2)31(20-22-11-5-3-6-12-22)29(33)25-17-18-26(30-28(25)32)23-13-7-4-8-14-23/h3-18,21H,19-20H2,1-2H3,(H,30,32). The lowest BCUT2D eigenvalue weighted by Gasteiger charge is -2.30. The predicted octanol–water partition coefficient (Wildman–Crippen LogP) is 5.32. The summed E-state index contributed by atoms with van der Waals surface area (Å²) in [7, 11) is 1.64. The van der Waals surface area contributed by atoms with Crippen molar-refractivity contribution in [1.29, 1.82) is 0 Å². The Balaban J connectivity index is 1.65. The highest BCUT2D eigenvalue weighted by atomic mass is 16.5. The van der Waals surface area contributed by atoms with Gasteiger partial charge in [0.05, 0.1) is 7.11 Å². The van der Waals surface area contributed by atoms with E-state index in [0.717, 1.165) is 22.4 Å². The molecule has 34 heavy (non-hydrogen) atoms.